The molecule has 0 bridgehead atoms. The zero-order valence-corrected chi connectivity index (χ0v) is 15.5. The molecule has 0 radical (unpaired) electrons. The molecular formula is C20H26N4O3. The maximum Gasteiger partial charge on any atom is 0.255 e. The van der Waals surface area contributed by atoms with E-state index in [4.69, 9.17) is 0 Å². The highest BCUT2D eigenvalue weighted by Crippen LogP contribution is 2.29. The summed E-state index contributed by atoms with van der Waals surface area (Å²) in [5.41, 5.74) is 2.60. The highest BCUT2D eigenvalue weighted by Gasteiger charge is 2.39. The summed E-state index contributed by atoms with van der Waals surface area (Å²) in [5.74, 6) is -0.757. The quantitative estimate of drug-likeness (QED) is 0.765. The minimum Gasteiger partial charge on any atom is -0.384 e. The van der Waals surface area contributed by atoms with E-state index in [0.29, 0.717) is 18.5 Å². The largest absolute Gasteiger partial charge is 0.384 e. The maximum atomic E-state index is 12.7. The van der Waals surface area contributed by atoms with Crippen molar-refractivity contribution in [2.24, 2.45) is 0 Å². The Morgan fingerprint density at radius 1 is 1.11 bits per heavy atom. The number of hydrogen-bond acceptors (Lipinski definition) is 5. The number of anilines is 1. The van der Waals surface area contributed by atoms with Gasteiger partial charge >= 0.3 is 0 Å². The highest BCUT2D eigenvalue weighted by atomic mass is 16.2. The SMILES string of the molecule is O=C1CCC(N2Cc3cc(NCCN4CCCCC4)ccc3C2=O)C(=O)N1. The fourth-order valence-electron chi connectivity index (χ4n) is 4.23. The molecule has 2 saturated heterocycles. The third kappa shape index (κ3) is 3.83. The number of nitrogens with zero attached hydrogens (tertiary/aromatic N) is 2. The number of rotatable bonds is 5. The van der Waals surface area contributed by atoms with E-state index < -0.39 is 6.04 Å². The Morgan fingerprint density at radius 2 is 1.93 bits per heavy atom. The second-order valence-electron chi connectivity index (χ2n) is 7.60. The molecule has 0 aromatic heterocycles. The molecule has 1 aromatic rings. The second kappa shape index (κ2) is 7.68. The standard InChI is InChI=1S/C20H26N4O3/c25-18-7-6-17(19(26)22-18)24-13-14-12-15(4-5-16(14)20(24)27)21-8-11-23-9-2-1-3-10-23/h4-5,12,17,21H,1-3,6-11,13H2,(H,22,25,26). The number of carbonyl (C=O) groups is 3. The van der Waals surface area contributed by atoms with Gasteiger partial charge in [-0.1, -0.05) is 6.42 Å². The molecule has 1 aromatic carbocycles. The molecular weight excluding hydrogens is 344 g/mol. The van der Waals surface area contributed by atoms with Gasteiger partial charge in [0.2, 0.25) is 11.8 Å². The number of carbonyl (C=O) groups excluding carboxylic acids is 3. The van der Waals surface area contributed by atoms with E-state index >= 15 is 0 Å². The van der Waals surface area contributed by atoms with Crippen LogP contribution < -0.4 is 10.6 Å². The monoisotopic (exact) mass is 370 g/mol. The molecule has 2 fully saturated rings. The van der Waals surface area contributed by atoms with Crippen molar-refractivity contribution in [2.75, 3.05) is 31.5 Å². The lowest BCUT2D eigenvalue weighted by Crippen LogP contribution is -2.52. The van der Waals surface area contributed by atoms with Gasteiger partial charge in [0.15, 0.2) is 0 Å². The third-order valence-electron chi connectivity index (χ3n) is 5.73. The molecule has 7 heteroatoms. The van der Waals surface area contributed by atoms with E-state index in [9.17, 15) is 14.4 Å². The normalized spacial score (nSPS) is 23.3. The smallest absolute Gasteiger partial charge is 0.255 e. The second-order valence-corrected chi connectivity index (χ2v) is 7.60. The van der Waals surface area contributed by atoms with Gasteiger partial charge in [-0.2, -0.15) is 0 Å². The first-order chi connectivity index (χ1) is 13.1. The van der Waals surface area contributed by atoms with Crippen LogP contribution in [0.5, 0.6) is 0 Å². The summed E-state index contributed by atoms with van der Waals surface area (Å²) in [6.45, 7) is 4.69. The van der Waals surface area contributed by atoms with Crippen molar-refractivity contribution in [2.45, 2.75) is 44.7 Å². The fourth-order valence-corrected chi connectivity index (χ4v) is 4.23. The predicted molar refractivity (Wildman–Crippen MR) is 101 cm³/mol. The van der Waals surface area contributed by atoms with E-state index in [1.165, 1.54) is 32.4 Å². The molecule has 1 atom stereocenters. The van der Waals surface area contributed by atoms with Crippen molar-refractivity contribution in [1.29, 1.82) is 0 Å². The van der Waals surface area contributed by atoms with Crippen molar-refractivity contribution >= 4 is 23.4 Å². The molecule has 1 unspecified atom stereocenters. The number of amides is 3. The molecule has 0 saturated carbocycles. The fraction of sp³-hybridized carbons (Fsp3) is 0.550. The molecule has 2 N–H and O–H groups in total. The first-order valence-electron chi connectivity index (χ1n) is 9.85. The van der Waals surface area contributed by atoms with Gasteiger partial charge in [0.25, 0.3) is 5.91 Å². The van der Waals surface area contributed by atoms with Gasteiger partial charge in [-0.05, 0) is 56.1 Å². The van der Waals surface area contributed by atoms with Crippen molar-refractivity contribution in [1.82, 2.24) is 15.1 Å². The molecule has 0 aliphatic carbocycles. The average molecular weight is 370 g/mol. The van der Waals surface area contributed by atoms with Gasteiger partial charge in [-0.15, -0.1) is 0 Å². The lowest BCUT2D eigenvalue weighted by molar-refractivity contribution is -0.136. The van der Waals surface area contributed by atoms with Crippen LogP contribution in [0.3, 0.4) is 0 Å². The van der Waals surface area contributed by atoms with Gasteiger partial charge in [-0.3, -0.25) is 19.7 Å². The van der Waals surface area contributed by atoms with Gasteiger partial charge < -0.3 is 15.1 Å². The average Bonchev–Trinajstić information content (AvgIpc) is 2.99. The lowest BCUT2D eigenvalue weighted by Gasteiger charge is -2.29. The number of fused-ring (bicyclic) bond motifs is 1. The van der Waals surface area contributed by atoms with Crippen molar-refractivity contribution in [3.63, 3.8) is 0 Å². The summed E-state index contributed by atoms with van der Waals surface area (Å²) in [5, 5.41) is 5.79. The van der Waals surface area contributed by atoms with Crippen molar-refractivity contribution in [3.8, 4) is 0 Å². The summed E-state index contributed by atoms with van der Waals surface area (Å²) in [4.78, 5) is 40.2. The highest BCUT2D eigenvalue weighted by molar-refractivity contribution is 6.05. The number of hydrogen-bond donors (Lipinski definition) is 2. The Hall–Kier alpha value is -2.41. The minimum absolute atomic E-state index is 0.126. The van der Waals surface area contributed by atoms with Crippen molar-refractivity contribution in [3.05, 3.63) is 29.3 Å². The minimum atomic E-state index is -0.557. The molecule has 27 heavy (non-hydrogen) atoms. The maximum absolute atomic E-state index is 12.7. The lowest BCUT2D eigenvalue weighted by atomic mass is 10.0. The Kier molecular flexibility index (Phi) is 5.11. The van der Waals surface area contributed by atoms with Crippen LogP contribution in [-0.2, 0) is 16.1 Å². The number of nitrogens with one attached hydrogen (secondary N) is 2. The molecule has 7 nitrogen and oxygen atoms in total. The van der Waals surface area contributed by atoms with Crippen molar-refractivity contribution < 1.29 is 14.4 Å². The third-order valence-corrected chi connectivity index (χ3v) is 5.73. The summed E-state index contributed by atoms with van der Waals surface area (Å²) in [6, 6.07) is 5.22. The summed E-state index contributed by atoms with van der Waals surface area (Å²) in [6.07, 6.45) is 4.59. The summed E-state index contributed by atoms with van der Waals surface area (Å²) >= 11 is 0. The van der Waals surface area contributed by atoms with Crippen LogP contribution >= 0.6 is 0 Å². The molecule has 0 spiro atoms. The number of piperidine rings is 2. The van der Waals surface area contributed by atoms with Crippen LogP contribution in [-0.4, -0.2) is 59.7 Å². The number of likely N-dealkylation sites (tertiary alicyclic amines) is 1. The van der Waals surface area contributed by atoms with Crippen LogP contribution in [0.1, 0.15) is 48.0 Å². The molecule has 4 rings (SSSR count). The van der Waals surface area contributed by atoms with Crippen LogP contribution in [0.15, 0.2) is 18.2 Å². The van der Waals surface area contributed by atoms with Gasteiger partial charge in [-0.25, -0.2) is 0 Å². The van der Waals surface area contributed by atoms with Gasteiger partial charge in [0, 0.05) is 37.3 Å². The van der Waals surface area contributed by atoms with E-state index in [0.717, 1.165) is 24.3 Å². The van der Waals surface area contributed by atoms with Gasteiger partial charge in [0.05, 0.1) is 0 Å². The van der Waals surface area contributed by atoms with E-state index in [-0.39, 0.29) is 24.1 Å². The summed E-state index contributed by atoms with van der Waals surface area (Å²) in [7, 11) is 0. The molecule has 3 aliphatic rings. The van der Waals surface area contributed by atoms with E-state index in [1.54, 1.807) is 4.90 Å². The Bertz CT molecular complexity index is 758. The Morgan fingerprint density at radius 3 is 2.70 bits per heavy atom. The number of imide groups is 1. The summed E-state index contributed by atoms with van der Waals surface area (Å²) < 4.78 is 0. The van der Waals surface area contributed by atoms with E-state index in [1.807, 2.05) is 18.2 Å². The predicted octanol–water partition coefficient (Wildman–Crippen LogP) is 1.35. The molecule has 3 heterocycles. The first-order valence-corrected chi connectivity index (χ1v) is 9.85. The molecule has 3 aliphatic heterocycles. The molecule has 144 valence electrons. The van der Waals surface area contributed by atoms with Crippen LogP contribution in [0.25, 0.3) is 0 Å². The number of benzene rings is 1. The van der Waals surface area contributed by atoms with Crippen LogP contribution in [0.4, 0.5) is 5.69 Å². The Balaban J connectivity index is 1.37. The van der Waals surface area contributed by atoms with Gasteiger partial charge in [0.1, 0.15) is 6.04 Å². The zero-order valence-electron chi connectivity index (χ0n) is 15.5. The van der Waals surface area contributed by atoms with E-state index in [2.05, 4.69) is 15.5 Å². The first kappa shape index (κ1) is 18.0. The van der Waals surface area contributed by atoms with Crippen LogP contribution in [0, 0.1) is 0 Å². The van der Waals surface area contributed by atoms with Crippen LogP contribution in [0.2, 0.25) is 0 Å². The molecule has 3 amide bonds. The zero-order chi connectivity index (χ0) is 18.8. The Labute approximate surface area is 159 Å². The topological polar surface area (TPSA) is 81.8 Å².